The molecule has 5 amide bonds. The van der Waals surface area contributed by atoms with Crippen molar-refractivity contribution in [1.82, 2.24) is 30.8 Å². The molecular weight excluding hydrogens is 968 g/mol. The Kier molecular flexibility index (Phi) is 18.9. The molecule has 0 bridgehead atoms. The Labute approximate surface area is 436 Å². The van der Waals surface area contributed by atoms with Crippen LogP contribution in [0, 0.1) is 0 Å². The van der Waals surface area contributed by atoms with Gasteiger partial charge in [0.1, 0.15) is 5.60 Å². The molecule has 2 aromatic heterocycles. The summed E-state index contributed by atoms with van der Waals surface area (Å²) in [4.78, 5) is 74.1. The minimum atomic E-state index is -0.577. The van der Waals surface area contributed by atoms with Crippen molar-refractivity contribution in [2.24, 2.45) is 0 Å². The van der Waals surface area contributed by atoms with Crippen molar-refractivity contribution < 1.29 is 47.7 Å². The van der Waals surface area contributed by atoms with Gasteiger partial charge < -0.3 is 55.2 Å². The highest BCUT2D eigenvalue weighted by atomic mass is 35.5. The number of carbonyl (C=O) groups is 5. The lowest BCUT2D eigenvalue weighted by atomic mass is 10.1. The van der Waals surface area contributed by atoms with Crippen LogP contribution in [-0.2, 0) is 43.8 Å². The van der Waals surface area contributed by atoms with Crippen molar-refractivity contribution in [3.8, 4) is 23.0 Å². The lowest BCUT2D eigenvalue weighted by Crippen LogP contribution is -2.40. The van der Waals surface area contributed by atoms with Crippen molar-refractivity contribution in [3.63, 3.8) is 0 Å². The average Bonchev–Trinajstić information content (AvgIpc) is 3.40. The Balaban J connectivity index is 0.000000242. The summed E-state index contributed by atoms with van der Waals surface area (Å²) in [7, 11) is 6.10. The van der Waals surface area contributed by atoms with Gasteiger partial charge in [-0.25, -0.2) is 4.79 Å². The number of aromatic nitrogens is 2. The van der Waals surface area contributed by atoms with Crippen LogP contribution in [-0.4, -0.2) is 91.7 Å². The van der Waals surface area contributed by atoms with E-state index in [4.69, 9.17) is 23.7 Å². The van der Waals surface area contributed by atoms with Gasteiger partial charge >= 0.3 is 6.09 Å². The van der Waals surface area contributed by atoms with Crippen molar-refractivity contribution in [1.29, 1.82) is 0 Å². The van der Waals surface area contributed by atoms with Gasteiger partial charge in [0.05, 0.1) is 58.8 Å². The number of hydrogen-bond acceptors (Lipinski definition) is 13. The molecule has 19 heteroatoms. The first kappa shape index (κ1) is 55.1. The molecule has 388 valence electrons. The summed E-state index contributed by atoms with van der Waals surface area (Å²) in [6.45, 7) is 8.56. The maximum Gasteiger partial charge on any atom is 0.410 e. The highest BCUT2D eigenvalue weighted by Crippen LogP contribution is 2.29. The number of carbonyl (C=O) groups excluding carboxylic acids is 5. The third kappa shape index (κ3) is 14.7. The Morgan fingerprint density at radius 1 is 0.581 bits per heavy atom. The molecule has 8 rings (SSSR count). The van der Waals surface area contributed by atoms with Gasteiger partial charge in [0.25, 0.3) is 23.6 Å². The van der Waals surface area contributed by atoms with Crippen molar-refractivity contribution in [2.45, 2.75) is 65.4 Å². The zero-order valence-electron chi connectivity index (χ0n) is 42.4. The molecule has 4 aromatic carbocycles. The molecule has 18 nitrogen and oxygen atoms in total. The van der Waals surface area contributed by atoms with Gasteiger partial charge in [-0.05, 0) is 116 Å². The molecule has 5 N–H and O–H groups in total. The first-order valence-electron chi connectivity index (χ1n) is 23.6. The van der Waals surface area contributed by atoms with Crippen molar-refractivity contribution in [3.05, 3.63) is 165 Å². The largest absolute Gasteiger partial charge is 0.493 e. The molecule has 0 radical (unpaired) electrons. The number of amides is 5. The standard InChI is InChI=1S/C30H34N4O6.C25H26N4O4.ClH/c1-30(2,3)40-29(37)34-12-11-24-22(18-34)14-23(17-31-24)33-28(36)20-8-6-7-19(13-20)16-32-27(35)21-9-10-25(38-4)26(15-21)39-5;1-32-22-7-6-18(12-23(22)33-2)24(30)28-13-16-4-3-5-17(10-16)25(31)29-20-11-19-14-26-9-8-21(19)27-15-20;/h6-10,13-15,17H,11-12,16,18H2,1-5H3,(H,32,35)(H,33,36);3-7,10-12,15,26H,8-9,13-14H2,1-2H3,(H,28,30)(H,29,31);1H. The fourth-order valence-electron chi connectivity index (χ4n) is 7.97. The zero-order valence-corrected chi connectivity index (χ0v) is 43.2. The van der Waals surface area contributed by atoms with Crippen LogP contribution in [0.3, 0.4) is 0 Å². The quantitative estimate of drug-likeness (QED) is 0.0701. The summed E-state index contributed by atoms with van der Waals surface area (Å²) >= 11 is 0. The second-order valence-electron chi connectivity index (χ2n) is 18.1. The van der Waals surface area contributed by atoms with E-state index in [1.54, 1.807) is 97.2 Å². The molecule has 0 atom stereocenters. The maximum absolute atomic E-state index is 13.0. The van der Waals surface area contributed by atoms with Gasteiger partial charge in [0.15, 0.2) is 23.0 Å². The number of nitrogens with zero attached hydrogens (tertiary/aromatic N) is 3. The fraction of sp³-hybridized carbons (Fsp3) is 0.291. The monoisotopic (exact) mass is 1030 g/mol. The molecule has 2 aliphatic heterocycles. The van der Waals surface area contributed by atoms with Crippen LogP contribution in [0.4, 0.5) is 16.2 Å². The molecule has 0 saturated carbocycles. The zero-order chi connectivity index (χ0) is 52.1. The molecule has 2 aliphatic rings. The Morgan fingerprint density at radius 3 is 1.54 bits per heavy atom. The molecule has 0 fully saturated rings. The Bertz CT molecular complexity index is 3000. The van der Waals surface area contributed by atoms with Crippen molar-refractivity contribution in [2.75, 3.05) is 52.2 Å². The minimum Gasteiger partial charge on any atom is -0.493 e. The van der Waals surface area contributed by atoms with E-state index >= 15 is 0 Å². The summed E-state index contributed by atoms with van der Waals surface area (Å²) in [5.41, 5.74) is 7.93. The van der Waals surface area contributed by atoms with Crippen LogP contribution < -0.4 is 45.5 Å². The van der Waals surface area contributed by atoms with E-state index < -0.39 is 5.60 Å². The third-order valence-electron chi connectivity index (χ3n) is 11.7. The van der Waals surface area contributed by atoms with E-state index in [0.29, 0.717) is 76.1 Å². The number of halogens is 1. The second kappa shape index (κ2) is 25.4. The first-order valence-corrected chi connectivity index (χ1v) is 23.6. The van der Waals surface area contributed by atoms with E-state index in [9.17, 15) is 24.0 Å². The van der Waals surface area contributed by atoms with E-state index in [1.165, 1.54) is 21.3 Å². The summed E-state index contributed by atoms with van der Waals surface area (Å²) in [5.74, 6) is 0.962. The lowest BCUT2D eigenvalue weighted by molar-refractivity contribution is 0.0222. The SMILES string of the molecule is COc1ccc(C(=O)NCc2cccc(C(=O)Nc3cnc4c(c3)CN(C(=O)OC(C)(C)C)CC4)c2)cc1OC.COc1ccc(C(=O)NCc2cccc(C(=O)Nc3cnc4c(c3)CNCC4)c2)cc1OC.Cl. The number of fused-ring (bicyclic) bond motifs is 2. The highest BCUT2D eigenvalue weighted by Gasteiger charge is 2.27. The number of benzene rings is 4. The summed E-state index contributed by atoms with van der Waals surface area (Å²) < 4.78 is 26.4. The lowest BCUT2D eigenvalue weighted by Gasteiger charge is -2.31. The summed E-state index contributed by atoms with van der Waals surface area (Å²) in [6.07, 6.45) is 4.44. The van der Waals surface area contributed by atoms with Crippen LogP contribution >= 0.6 is 12.4 Å². The van der Waals surface area contributed by atoms with Crippen molar-refractivity contribution >= 4 is 53.5 Å². The van der Waals surface area contributed by atoms with Crippen LogP contribution in [0.5, 0.6) is 23.0 Å². The number of pyridine rings is 2. The molecule has 0 saturated heterocycles. The molecule has 0 aliphatic carbocycles. The molecule has 4 heterocycles. The third-order valence-corrected chi connectivity index (χ3v) is 11.7. The summed E-state index contributed by atoms with van der Waals surface area (Å²) in [6, 6.07) is 27.9. The normalized spacial score (nSPS) is 12.4. The number of methoxy groups -OCH3 is 4. The van der Waals surface area contributed by atoms with Gasteiger partial charge in [0.2, 0.25) is 0 Å². The number of hydrogen-bond donors (Lipinski definition) is 5. The number of nitrogens with one attached hydrogen (secondary N) is 5. The average molecular weight is 1030 g/mol. The fourth-order valence-corrected chi connectivity index (χ4v) is 7.97. The molecular formula is C55H61ClN8O10. The number of anilines is 2. The van der Waals surface area contributed by atoms with E-state index in [1.807, 2.05) is 45.0 Å². The smallest absolute Gasteiger partial charge is 0.410 e. The molecule has 0 unspecified atom stereocenters. The predicted molar refractivity (Wildman–Crippen MR) is 282 cm³/mol. The van der Waals surface area contributed by atoms with Crippen LogP contribution in [0.2, 0.25) is 0 Å². The van der Waals surface area contributed by atoms with Gasteiger partial charge in [-0.1, -0.05) is 24.3 Å². The predicted octanol–water partition coefficient (Wildman–Crippen LogP) is 7.92. The van der Waals surface area contributed by atoms with Crippen LogP contribution in [0.1, 0.15) is 95.8 Å². The van der Waals surface area contributed by atoms with Gasteiger partial charge in [-0.3, -0.25) is 29.1 Å². The number of ether oxygens (including phenoxy) is 5. The Hall–Kier alpha value is -8.22. The van der Waals surface area contributed by atoms with E-state index in [-0.39, 0.29) is 55.2 Å². The first-order chi connectivity index (χ1) is 35.1. The van der Waals surface area contributed by atoms with Crippen LogP contribution in [0.15, 0.2) is 109 Å². The van der Waals surface area contributed by atoms with Gasteiger partial charge in [-0.2, -0.15) is 0 Å². The minimum absolute atomic E-state index is 0. The van der Waals surface area contributed by atoms with E-state index in [2.05, 4.69) is 36.6 Å². The highest BCUT2D eigenvalue weighted by molar-refractivity contribution is 6.05. The molecule has 0 spiro atoms. The van der Waals surface area contributed by atoms with Gasteiger partial charge in [-0.15, -0.1) is 12.4 Å². The van der Waals surface area contributed by atoms with Crippen LogP contribution in [0.25, 0.3) is 0 Å². The van der Waals surface area contributed by atoms with Gasteiger partial charge in [0, 0.05) is 79.2 Å². The summed E-state index contributed by atoms with van der Waals surface area (Å²) in [5, 5.41) is 14.8. The molecule has 74 heavy (non-hydrogen) atoms. The molecule has 6 aromatic rings. The topological polar surface area (TPSA) is 221 Å². The number of rotatable bonds is 14. The van der Waals surface area contributed by atoms with E-state index in [0.717, 1.165) is 53.2 Å². The second-order valence-corrected chi connectivity index (χ2v) is 18.1. The Morgan fingerprint density at radius 2 is 1.05 bits per heavy atom. The maximum atomic E-state index is 13.0.